The van der Waals surface area contributed by atoms with E-state index in [0.29, 0.717) is 12.6 Å². The van der Waals surface area contributed by atoms with Crippen LogP contribution in [0.3, 0.4) is 0 Å². The van der Waals surface area contributed by atoms with Crippen LogP contribution in [0.25, 0.3) is 16.0 Å². The van der Waals surface area contributed by atoms with Crippen molar-refractivity contribution in [1.82, 2.24) is 25.0 Å². The first-order valence-electron chi connectivity index (χ1n) is 13.6. The SMILES string of the molecule is CN1CCN(Cc2ccc(-c3cnc4c(c3)C(C3=CCN(C(=O)NC5CCCC5)CC3)=CC4)s2)CC1. The Morgan fingerprint density at radius 2 is 1.94 bits per heavy atom. The molecule has 7 heteroatoms. The maximum Gasteiger partial charge on any atom is 0.317 e. The van der Waals surface area contributed by atoms with Gasteiger partial charge in [-0.1, -0.05) is 25.0 Å². The summed E-state index contributed by atoms with van der Waals surface area (Å²) in [7, 11) is 2.21. The summed E-state index contributed by atoms with van der Waals surface area (Å²) in [5.74, 6) is 0. The Morgan fingerprint density at radius 1 is 1.11 bits per heavy atom. The van der Waals surface area contributed by atoms with Crippen LogP contribution >= 0.6 is 11.3 Å². The quantitative estimate of drug-likeness (QED) is 0.638. The largest absolute Gasteiger partial charge is 0.335 e. The number of carbonyl (C=O) groups is 1. The molecular weight excluding hydrogens is 466 g/mol. The number of allylic oxidation sites excluding steroid dienone is 2. The van der Waals surface area contributed by atoms with Crippen LogP contribution < -0.4 is 5.32 Å². The Morgan fingerprint density at radius 3 is 2.72 bits per heavy atom. The van der Waals surface area contributed by atoms with Crippen molar-refractivity contribution in [3.8, 4) is 10.4 Å². The molecule has 0 spiro atoms. The number of fused-ring (bicyclic) bond motifs is 1. The maximum atomic E-state index is 12.7. The Bertz CT molecular complexity index is 1170. The first-order chi connectivity index (χ1) is 17.6. The van der Waals surface area contributed by atoms with Gasteiger partial charge >= 0.3 is 6.03 Å². The molecule has 1 saturated carbocycles. The molecule has 2 aliphatic carbocycles. The molecule has 1 saturated heterocycles. The van der Waals surface area contributed by atoms with E-state index >= 15 is 0 Å². The Labute approximate surface area is 218 Å². The third-order valence-electron chi connectivity index (χ3n) is 8.21. The molecule has 4 aliphatic rings. The Balaban J connectivity index is 1.12. The number of pyridine rings is 1. The van der Waals surface area contributed by atoms with Crippen LogP contribution in [0.4, 0.5) is 4.79 Å². The van der Waals surface area contributed by atoms with E-state index in [9.17, 15) is 4.79 Å². The molecule has 2 aromatic rings. The monoisotopic (exact) mass is 503 g/mol. The van der Waals surface area contributed by atoms with Gasteiger partial charge in [0.25, 0.3) is 0 Å². The third kappa shape index (κ3) is 5.15. The van der Waals surface area contributed by atoms with E-state index in [-0.39, 0.29) is 6.03 Å². The summed E-state index contributed by atoms with van der Waals surface area (Å²) < 4.78 is 0. The molecular formula is C29H37N5OS. The molecule has 2 amide bonds. The first-order valence-corrected chi connectivity index (χ1v) is 14.4. The van der Waals surface area contributed by atoms with Crippen LogP contribution in [0.5, 0.6) is 0 Å². The van der Waals surface area contributed by atoms with E-state index in [0.717, 1.165) is 65.0 Å². The minimum absolute atomic E-state index is 0.104. The number of nitrogens with one attached hydrogen (secondary N) is 1. The molecule has 190 valence electrons. The number of hydrogen-bond donors (Lipinski definition) is 1. The molecule has 0 atom stereocenters. The number of amides is 2. The highest BCUT2D eigenvalue weighted by Crippen LogP contribution is 2.38. The third-order valence-corrected chi connectivity index (χ3v) is 9.33. The van der Waals surface area contributed by atoms with E-state index in [1.54, 1.807) is 0 Å². The van der Waals surface area contributed by atoms with Crippen LogP contribution in [0.1, 0.15) is 48.2 Å². The summed E-state index contributed by atoms with van der Waals surface area (Å²) in [6.07, 6.45) is 13.2. The van der Waals surface area contributed by atoms with Gasteiger partial charge < -0.3 is 15.1 Å². The van der Waals surface area contributed by atoms with Crippen molar-refractivity contribution in [2.24, 2.45) is 0 Å². The van der Waals surface area contributed by atoms with E-state index in [1.165, 1.54) is 50.6 Å². The van der Waals surface area contributed by atoms with Gasteiger partial charge in [-0.3, -0.25) is 9.88 Å². The minimum atomic E-state index is 0.104. The molecule has 2 fully saturated rings. The van der Waals surface area contributed by atoms with Gasteiger partial charge in [-0.2, -0.15) is 0 Å². The Hall–Kier alpha value is -2.48. The van der Waals surface area contributed by atoms with Gasteiger partial charge in [-0.15, -0.1) is 11.3 Å². The number of rotatable bonds is 5. The highest BCUT2D eigenvalue weighted by atomic mass is 32.1. The van der Waals surface area contributed by atoms with E-state index in [4.69, 9.17) is 4.98 Å². The fraction of sp³-hybridized carbons (Fsp3) is 0.517. The van der Waals surface area contributed by atoms with Crippen molar-refractivity contribution >= 4 is 22.9 Å². The maximum absolute atomic E-state index is 12.7. The predicted octanol–water partition coefficient (Wildman–Crippen LogP) is 4.78. The van der Waals surface area contributed by atoms with Crippen LogP contribution in [-0.4, -0.2) is 78.1 Å². The number of aromatic nitrogens is 1. The van der Waals surface area contributed by atoms with Gasteiger partial charge in [0.05, 0.1) is 5.69 Å². The molecule has 2 aromatic heterocycles. The summed E-state index contributed by atoms with van der Waals surface area (Å²) in [5, 5.41) is 3.23. The first kappa shape index (κ1) is 23.9. The highest BCUT2D eigenvalue weighted by molar-refractivity contribution is 7.15. The zero-order valence-electron chi connectivity index (χ0n) is 21.3. The van der Waals surface area contributed by atoms with Crippen molar-refractivity contribution in [1.29, 1.82) is 0 Å². The summed E-state index contributed by atoms with van der Waals surface area (Å²) in [6, 6.07) is 7.37. The number of nitrogens with zero attached hydrogens (tertiary/aromatic N) is 4. The van der Waals surface area contributed by atoms with Gasteiger partial charge in [0.1, 0.15) is 0 Å². The van der Waals surface area contributed by atoms with Gasteiger partial charge in [-0.05, 0) is 55.7 Å². The van der Waals surface area contributed by atoms with Crippen molar-refractivity contribution in [3.05, 3.63) is 58.3 Å². The normalized spacial score (nSPS) is 21.4. The van der Waals surface area contributed by atoms with Crippen LogP contribution in [-0.2, 0) is 13.0 Å². The van der Waals surface area contributed by atoms with Crippen molar-refractivity contribution in [2.75, 3.05) is 46.3 Å². The van der Waals surface area contributed by atoms with Gasteiger partial charge in [-0.25, -0.2) is 4.79 Å². The lowest BCUT2D eigenvalue weighted by Crippen LogP contribution is -2.45. The van der Waals surface area contributed by atoms with Crippen LogP contribution in [0.2, 0.25) is 0 Å². The zero-order chi connectivity index (χ0) is 24.5. The number of likely N-dealkylation sites (N-methyl/N-ethyl adjacent to an activating group) is 1. The molecule has 0 bridgehead atoms. The van der Waals surface area contributed by atoms with E-state index in [2.05, 4.69) is 52.5 Å². The van der Waals surface area contributed by atoms with Gasteiger partial charge in [0.15, 0.2) is 0 Å². The molecule has 4 heterocycles. The molecule has 1 N–H and O–H groups in total. The van der Waals surface area contributed by atoms with Crippen molar-refractivity contribution < 1.29 is 4.79 Å². The molecule has 6 rings (SSSR count). The fourth-order valence-corrected chi connectivity index (χ4v) is 6.95. The smallest absolute Gasteiger partial charge is 0.317 e. The summed E-state index contributed by atoms with van der Waals surface area (Å²) >= 11 is 1.90. The number of urea groups is 1. The van der Waals surface area contributed by atoms with Crippen LogP contribution in [0, 0.1) is 0 Å². The molecule has 0 unspecified atom stereocenters. The lowest BCUT2D eigenvalue weighted by Gasteiger charge is -2.31. The summed E-state index contributed by atoms with van der Waals surface area (Å²) in [5.41, 5.74) is 6.34. The second-order valence-corrected chi connectivity index (χ2v) is 11.9. The predicted molar refractivity (Wildman–Crippen MR) is 147 cm³/mol. The topological polar surface area (TPSA) is 51.7 Å². The van der Waals surface area contributed by atoms with Gasteiger partial charge in [0, 0.05) is 85.4 Å². The number of hydrogen-bond acceptors (Lipinski definition) is 5. The number of thiophene rings is 1. The minimum Gasteiger partial charge on any atom is -0.335 e. The molecule has 0 aromatic carbocycles. The standard InChI is InChI=1S/C29H37N5OS/c1-32-14-16-33(17-15-32)20-24-6-9-28(36-24)22-18-26-25(7-8-27(26)30-19-22)21-10-12-34(13-11-21)29(35)31-23-4-2-3-5-23/h6-7,9-10,18-19,23H,2-5,8,11-17,20H2,1H3,(H,31,35). The van der Waals surface area contributed by atoms with Crippen LogP contribution in [0.15, 0.2) is 42.1 Å². The summed E-state index contributed by atoms with van der Waals surface area (Å²) in [4.78, 5) is 27.2. The van der Waals surface area contributed by atoms with Gasteiger partial charge in [0.2, 0.25) is 0 Å². The summed E-state index contributed by atoms with van der Waals surface area (Å²) in [6.45, 7) is 7.11. The molecule has 0 radical (unpaired) electrons. The lowest BCUT2D eigenvalue weighted by atomic mass is 9.95. The van der Waals surface area contributed by atoms with E-state index < -0.39 is 0 Å². The average molecular weight is 504 g/mol. The fourth-order valence-electron chi connectivity index (χ4n) is 5.92. The second kappa shape index (κ2) is 10.5. The molecule has 36 heavy (non-hydrogen) atoms. The van der Waals surface area contributed by atoms with Crippen molar-refractivity contribution in [2.45, 2.75) is 51.1 Å². The lowest BCUT2D eigenvalue weighted by molar-refractivity contribution is 0.149. The highest BCUT2D eigenvalue weighted by Gasteiger charge is 2.26. The van der Waals surface area contributed by atoms with Crippen molar-refractivity contribution in [3.63, 3.8) is 0 Å². The number of carbonyl (C=O) groups excluding carboxylic acids is 1. The Kier molecular flexibility index (Phi) is 6.96. The second-order valence-electron chi connectivity index (χ2n) is 10.7. The average Bonchev–Trinajstić information content (AvgIpc) is 3.67. The molecule has 6 nitrogen and oxygen atoms in total. The zero-order valence-corrected chi connectivity index (χ0v) is 22.2. The number of piperazine rings is 1. The molecule has 2 aliphatic heterocycles. The van der Waals surface area contributed by atoms with E-state index in [1.807, 2.05) is 22.4 Å².